The first-order valence-electron chi connectivity index (χ1n) is 13.1. The summed E-state index contributed by atoms with van der Waals surface area (Å²) in [5.74, 6) is -4.77. The van der Waals surface area contributed by atoms with Gasteiger partial charge in [-0.1, -0.05) is 29.7 Å². The van der Waals surface area contributed by atoms with E-state index in [4.69, 9.17) is 21.4 Å². The Labute approximate surface area is 243 Å². The molecule has 0 aromatic heterocycles. The maximum absolute atomic E-state index is 13.7. The normalized spacial score (nSPS) is 25.8. The van der Waals surface area contributed by atoms with Crippen molar-refractivity contribution in [1.29, 1.82) is 0 Å². The number of carboxylic acid groups (broad SMARTS) is 1. The molecule has 5 rings (SSSR count). The van der Waals surface area contributed by atoms with E-state index >= 15 is 0 Å². The lowest BCUT2D eigenvalue weighted by molar-refractivity contribution is -0.141. The molecule has 1 aliphatic heterocycles. The van der Waals surface area contributed by atoms with Gasteiger partial charge in [0, 0.05) is 36.1 Å². The van der Waals surface area contributed by atoms with Gasteiger partial charge in [-0.2, -0.15) is 0 Å². The third-order valence-corrected chi connectivity index (χ3v) is 9.18. The molecule has 4 unspecified atom stereocenters. The Morgan fingerprint density at radius 3 is 2.58 bits per heavy atom. The molecule has 0 spiro atoms. The fraction of sp³-hybridized carbons (Fsp3) is 0.414. The number of imide groups is 1. The van der Waals surface area contributed by atoms with Crippen LogP contribution in [-0.4, -0.2) is 58.1 Å². The lowest BCUT2D eigenvalue weighted by atomic mass is 9.59. The van der Waals surface area contributed by atoms with Crippen LogP contribution in [0.4, 0.5) is 0 Å². The Balaban J connectivity index is 1.53. The van der Waals surface area contributed by atoms with E-state index in [1.165, 1.54) is 24.2 Å². The molecule has 1 heterocycles. The van der Waals surface area contributed by atoms with Crippen LogP contribution in [0, 0.1) is 17.8 Å². The summed E-state index contributed by atoms with van der Waals surface area (Å²) in [6.07, 6.45) is 5.16. The van der Waals surface area contributed by atoms with Crippen molar-refractivity contribution in [2.75, 3.05) is 13.7 Å². The molecule has 11 heteroatoms. The number of carboxylic acids is 1. The number of fused-ring (bicyclic) bond motifs is 3. The highest BCUT2D eigenvalue weighted by Crippen LogP contribution is 2.56. The van der Waals surface area contributed by atoms with Gasteiger partial charge in [0.25, 0.3) is 0 Å². The van der Waals surface area contributed by atoms with Gasteiger partial charge in [-0.3, -0.25) is 28.9 Å². The topological polar surface area (TPSA) is 138 Å². The Morgan fingerprint density at radius 1 is 1.12 bits per heavy atom. The molecule has 4 atom stereocenters. The van der Waals surface area contributed by atoms with E-state index in [1.54, 1.807) is 6.07 Å². The van der Waals surface area contributed by atoms with Crippen LogP contribution >= 0.6 is 27.5 Å². The van der Waals surface area contributed by atoms with Crippen molar-refractivity contribution in [1.82, 2.24) is 4.90 Å². The molecule has 0 saturated carbocycles. The van der Waals surface area contributed by atoms with Gasteiger partial charge in [-0.15, -0.1) is 0 Å². The number of ether oxygens (including phenoxy) is 1. The predicted molar refractivity (Wildman–Crippen MR) is 147 cm³/mol. The third kappa shape index (κ3) is 4.71. The lowest BCUT2D eigenvalue weighted by Gasteiger charge is -2.42. The summed E-state index contributed by atoms with van der Waals surface area (Å²) >= 11 is 9.52. The highest BCUT2D eigenvalue weighted by atomic mass is 79.9. The van der Waals surface area contributed by atoms with Crippen molar-refractivity contribution in [3.8, 4) is 11.5 Å². The number of ketones is 2. The number of amides is 2. The van der Waals surface area contributed by atoms with Gasteiger partial charge in [0.1, 0.15) is 0 Å². The van der Waals surface area contributed by atoms with Crippen LogP contribution in [0.2, 0.25) is 5.02 Å². The molecule has 210 valence electrons. The fourth-order valence-corrected chi connectivity index (χ4v) is 7.18. The van der Waals surface area contributed by atoms with Crippen LogP contribution in [0.1, 0.15) is 50.0 Å². The first-order valence-corrected chi connectivity index (χ1v) is 14.2. The number of halogens is 2. The Kier molecular flexibility index (Phi) is 7.76. The summed E-state index contributed by atoms with van der Waals surface area (Å²) in [5, 5.41) is 19.2. The summed E-state index contributed by atoms with van der Waals surface area (Å²) in [6, 6.07) is 3.10. The molecule has 0 bridgehead atoms. The zero-order valence-electron chi connectivity index (χ0n) is 21.6. The predicted octanol–water partition coefficient (Wildman–Crippen LogP) is 4.46. The molecule has 1 fully saturated rings. The average Bonchev–Trinajstić information content (AvgIpc) is 3.16. The monoisotopic (exact) mass is 631 g/mol. The number of Topliss-reactive ketones (excluding diaryl/α,β-unsaturated/α-hetero) is 1. The molecule has 3 aliphatic carbocycles. The second-order valence-electron chi connectivity index (χ2n) is 10.5. The first kappa shape index (κ1) is 28.3. The minimum Gasteiger partial charge on any atom is -0.503 e. The molecule has 4 aliphatic rings. The number of unbranched alkanes of at least 4 members (excludes halogenated alkanes) is 2. The second kappa shape index (κ2) is 11.0. The number of carbonyl (C=O) groups is 5. The standard InChI is InChI=1S/C29H27BrClNO8/c1-40-21-10-13(9-19(31)27(21)37)23-14-6-7-15-24(16(14)11-17-25(23)20(33)12-18(30)26(17)36)29(39)32(28(15)38)8-4-2-3-5-22(34)35/h6,9-10,12,15-16,23-24,37H,2-5,7-8,11H2,1H3,(H,34,35). The minimum absolute atomic E-state index is 0.0143. The molecule has 9 nitrogen and oxygen atoms in total. The zero-order valence-corrected chi connectivity index (χ0v) is 24.0. The highest BCUT2D eigenvalue weighted by Gasteiger charge is 2.56. The van der Waals surface area contributed by atoms with E-state index < -0.39 is 29.6 Å². The van der Waals surface area contributed by atoms with Crippen LogP contribution in [0.5, 0.6) is 11.5 Å². The van der Waals surface area contributed by atoms with Gasteiger partial charge < -0.3 is 14.9 Å². The third-order valence-electron chi connectivity index (χ3n) is 8.30. The molecular formula is C29H27BrClNO8. The summed E-state index contributed by atoms with van der Waals surface area (Å²) in [6.45, 7) is 0.209. The smallest absolute Gasteiger partial charge is 0.303 e. The maximum atomic E-state index is 13.7. The SMILES string of the molecule is COc1cc(C2C3=CCC4C(=O)N(CCCCCC(=O)O)C(=O)C4C3CC3=C2C(=O)C=C(Br)C3=O)cc(Cl)c1O. The molecule has 1 aromatic carbocycles. The van der Waals surface area contributed by atoms with Crippen LogP contribution in [0.3, 0.4) is 0 Å². The van der Waals surface area contributed by atoms with E-state index in [2.05, 4.69) is 15.9 Å². The van der Waals surface area contributed by atoms with Crippen molar-refractivity contribution in [2.45, 2.75) is 44.4 Å². The van der Waals surface area contributed by atoms with Gasteiger partial charge in [0.05, 0.1) is 28.5 Å². The van der Waals surface area contributed by atoms with Gasteiger partial charge >= 0.3 is 5.97 Å². The number of rotatable bonds is 8. The van der Waals surface area contributed by atoms with Crippen LogP contribution in [-0.2, 0) is 24.0 Å². The van der Waals surface area contributed by atoms with E-state index in [-0.39, 0.29) is 63.8 Å². The maximum Gasteiger partial charge on any atom is 0.303 e. The van der Waals surface area contributed by atoms with Gasteiger partial charge in [0.2, 0.25) is 11.8 Å². The quantitative estimate of drug-likeness (QED) is 0.185. The summed E-state index contributed by atoms with van der Waals surface area (Å²) < 4.78 is 5.43. The number of hydrogen-bond acceptors (Lipinski definition) is 7. The lowest BCUT2D eigenvalue weighted by Crippen LogP contribution is -2.39. The van der Waals surface area contributed by atoms with Crippen molar-refractivity contribution in [3.63, 3.8) is 0 Å². The number of phenolic OH excluding ortho intramolecular Hbond substituents is 1. The second-order valence-corrected chi connectivity index (χ2v) is 11.7. The molecular weight excluding hydrogens is 606 g/mol. The highest BCUT2D eigenvalue weighted by molar-refractivity contribution is 9.12. The number of methoxy groups -OCH3 is 1. The number of hydrogen-bond donors (Lipinski definition) is 2. The van der Waals surface area contributed by atoms with E-state index in [0.717, 1.165) is 5.57 Å². The number of carbonyl (C=O) groups excluding carboxylic acids is 4. The van der Waals surface area contributed by atoms with Crippen molar-refractivity contribution in [2.24, 2.45) is 17.8 Å². The number of phenols is 1. The minimum atomic E-state index is -0.886. The van der Waals surface area contributed by atoms with Gasteiger partial charge in [-0.25, -0.2) is 0 Å². The zero-order chi connectivity index (χ0) is 28.9. The van der Waals surface area contributed by atoms with E-state index in [9.17, 15) is 29.1 Å². The molecule has 2 N–H and O–H groups in total. The Hall–Kier alpha value is -3.24. The van der Waals surface area contributed by atoms with Crippen molar-refractivity contribution in [3.05, 3.63) is 56.1 Å². The van der Waals surface area contributed by atoms with E-state index in [1.807, 2.05) is 6.08 Å². The summed E-state index contributed by atoms with van der Waals surface area (Å²) in [4.78, 5) is 65.8. The van der Waals surface area contributed by atoms with Crippen molar-refractivity contribution < 1.29 is 38.9 Å². The van der Waals surface area contributed by atoms with Gasteiger partial charge in [0.15, 0.2) is 23.1 Å². The molecule has 1 aromatic rings. The average molecular weight is 633 g/mol. The van der Waals surface area contributed by atoms with Crippen LogP contribution in [0.25, 0.3) is 0 Å². The first-order chi connectivity index (χ1) is 19.0. The van der Waals surface area contributed by atoms with Crippen LogP contribution < -0.4 is 4.74 Å². The number of benzene rings is 1. The Bertz CT molecular complexity index is 1440. The molecule has 2 amide bonds. The van der Waals surface area contributed by atoms with Gasteiger partial charge in [-0.05, 0) is 65.2 Å². The molecule has 1 saturated heterocycles. The molecule has 0 radical (unpaired) electrons. The number of aliphatic carboxylic acids is 1. The summed E-state index contributed by atoms with van der Waals surface area (Å²) in [5.41, 5.74) is 1.88. The number of allylic oxidation sites excluding steroid dienone is 6. The largest absolute Gasteiger partial charge is 0.503 e. The fourth-order valence-electron chi connectivity index (χ4n) is 6.51. The Morgan fingerprint density at radius 2 is 1.88 bits per heavy atom. The number of aromatic hydroxyl groups is 1. The summed E-state index contributed by atoms with van der Waals surface area (Å²) in [7, 11) is 1.38. The number of likely N-dealkylation sites (tertiary alicyclic amines) is 1. The number of nitrogens with zero attached hydrogens (tertiary/aromatic N) is 1. The van der Waals surface area contributed by atoms with Crippen LogP contribution in [0.15, 0.2) is 45.5 Å². The van der Waals surface area contributed by atoms with E-state index in [0.29, 0.717) is 42.4 Å². The van der Waals surface area contributed by atoms with Crippen molar-refractivity contribution >= 4 is 56.9 Å². The molecule has 40 heavy (non-hydrogen) atoms.